The molecule has 114 valence electrons. The largest absolute Gasteiger partial charge is 0.496 e. The molecule has 0 atom stereocenters. The standard InChI is InChI=1S/C16H21NO4/c1-20-14-6-4-3-5-13(14)15(18)17-12-9-7-11(8-10-12)16(19)21-2/h3-6,11-12H,7-10H2,1-2H3,(H,17,18). The fourth-order valence-electron chi connectivity index (χ4n) is 2.74. The number of amides is 1. The fraction of sp³-hybridized carbons (Fsp3) is 0.500. The van der Waals surface area contributed by atoms with E-state index in [0.717, 1.165) is 25.7 Å². The summed E-state index contributed by atoms with van der Waals surface area (Å²) in [5, 5.41) is 3.02. The van der Waals surface area contributed by atoms with Crippen molar-refractivity contribution in [2.45, 2.75) is 31.7 Å². The summed E-state index contributed by atoms with van der Waals surface area (Å²) in [6.45, 7) is 0. The van der Waals surface area contributed by atoms with E-state index < -0.39 is 0 Å². The predicted molar refractivity (Wildman–Crippen MR) is 78.2 cm³/mol. The fourth-order valence-corrected chi connectivity index (χ4v) is 2.74. The van der Waals surface area contributed by atoms with Crippen LogP contribution in [-0.4, -0.2) is 32.1 Å². The molecule has 1 aromatic rings. The van der Waals surface area contributed by atoms with Crippen molar-refractivity contribution in [2.24, 2.45) is 5.92 Å². The Morgan fingerprint density at radius 2 is 1.76 bits per heavy atom. The monoisotopic (exact) mass is 291 g/mol. The van der Waals surface area contributed by atoms with Crippen molar-refractivity contribution in [3.05, 3.63) is 29.8 Å². The minimum absolute atomic E-state index is 0.0330. The first-order chi connectivity index (χ1) is 10.2. The third kappa shape index (κ3) is 3.74. The Hall–Kier alpha value is -2.04. The van der Waals surface area contributed by atoms with E-state index in [2.05, 4.69) is 5.32 Å². The van der Waals surface area contributed by atoms with Crippen LogP contribution >= 0.6 is 0 Å². The molecule has 1 fully saturated rings. The lowest BCUT2D eigenvalue weighted by atomic mass is 9.86. The van der Waals surface area contributed by atoms with Crippen LogP contribution < -0.4 is 10.1 Å². The number of nitrogens with one attached hydrogen (secondary N) is 1. The van der Waals surface area contributed by atoms with Gasteiger partial charge >= 0.3 is 5.97 Å². The predicted octanol–water partition coefficient (Wildman–Crippen LogP) is 2.16. The Balaban J connectivity index is 1.91. The van der Waals surface area contributed by atoms with E-state index in [1.54, 1.807) is 19.2 Å². The van der Waals surface area contributed by atoms with Crippen molar-refractivity contribution < 1.29 is 19.1 Å². The second-order valence-corrected chi connectivity index (χ2v) is 5.25. The number of methoxy groups -OCH3 is 2. The molecule has 1 aromatic carbocycles. The van der Waals surface area contributed by atoms with Gasteiger partial charge in [0.25, 0.3) is 5.91 Å². The average molecular weight is 291 g/mol. The Kier molecular flexibility index (Phi) is 5.20. The van der Waals surface area contributed by atoms with Crippen molar-refractivity contribution in [2.75, 3.05) is 14.2 Å². The number of hydrogen-bond donors (Lipinski definition) is 1. The molecule has 0 bridgehead atoms. The van der Waals surface area contributed by atoms with Crippen LogP contribution in [0, 0.1) is 5.92 Å². The van der Waals surface area contributed by atoms with Crippen molar-refractivity contribution >= 4 is 11.9 Å². The molecule has 0 aliphatic heterocycles. The topological polar surface area (TPSA) is 64.6 Å². The summed E-state index contributed by atoms with van der Waals surface area (Å²) < 4.78 is 9.96. The third-order valence-electron chi connectivity index (χ3n) is 3.95. The van der Waals surface area contributed by atoms with Crippen LogP contribution in [0.4, 0.5) is 0 Å². The number of esters is 1. The first-order valence-electron chi connectivity index (χ1n) is 7.17. The Morgan fingerprint density at radius 3 is 2.38 bits per heavy atom. The lowest BCUT2D eigenvalue weighted by Gasteiger charge is -2.27. The highest BCUT2D eigenvalue weighted by Gasteiger charge is 2.28. The third-order valence-corrected chi connectivity index (χ3v) is 3.95. The summed E-state index contributed by atoms with van der Waals surface area (Å²) in [4.78, 5) is 23.8. The minimum atomic E-state index is -0.149. The van der Waals surface area contributed by atoms with Crippen LogP contribution in [0.25, 0.3) is 0 Å². The van der Waals surface area contributed by atoms with Crippen LogP contribution in [-0.2, 0) is 9.53 Å². The quantitative estimate of drug-likeness (QED) is 0.863. The summed E-state index contributed by atoms with van der Waals surface area (Å²) in [6.07, 6.45) is 3.09. The highest BCUT2D eigenvalue weighted by Crippen LogP contribution is 2.26. The summed E-state index contributed by atoms with van der Waals surface area (Å²) in [5.41, 5.74) is 0.537. The lowest BCUT2D eigenvalue weighted by molar-refractivity contribution is -0.146. The zero-order valence-corrected chi connectivity index (χ0v) is 12.4. The van der Waals surface area contributed by atoms with Gasteiger partial charge in [-0.25, -0.2) is 0 Å². The van der Waals surface area contributed by atoms with Crippen molar-refractivity contribution in [3.8, 4) is 5.75 Å². The van der Waals surface area contributed by atoms with Gasteiger partial charge in [0.15, 0.2) is 0 Å². The van der Waals surface area contributed by atoms with E-state index in [1.807, 2.05) is 12.1 Å². The molecule has 2 rings (SSSR count). The van der Waals surface area contributed by atoms with Gasteiger partial charge in [-0.1, -0.05) is 12.1 Å². The van der Waals surface area contributed by atoms with Crippen molar-refractivity contribution in [1.82, 2.24) is 5.32 Å². The van der Waals surface area contributed by atoms with Gasteiger partial charge in [-0.2, -0.15) is 0 Å². The number of rotatable bonds is 4. The number of carbonyl (C=O) groups is 2. The molecular weight excluding hydrogens is 270 g/mol. The highest BCUT2D eigenvalue weighted by atomic mass is 16.5. The van der Waals surface area contributed by atoms with Gasteiger partial charge in [-0.15, -0.1) is 0 Å². The normalized spacial score (nSPS) is 21.4. The van der Waals surface area contributed by atoms with Crippen molar-refractivity contribution in [3.63, 3.8) is 0 Å². The van der Waals surface area contributed by atoms with E-state index in [1.165, 1.54) is 7.11 Å². The SMILES string of the molecule is COC(=O)C1CCC(NC(=O)c2ccccc2OC)CC1. The van der Waals surface area contributed by atoms with E-state index in [-0.39, 0.29) is 23.8 Å². The minimum Gasteiger partial charge on any atom is -0.496 e. The average Bonchev–Trinajstić information content (AvgIpc) is 2.54. The van der Waals surface area contributed by atoms with E-state index >= 15 is 0 Å². The van der Waals surface area contributed by atoms with Gasteiger partial charge in [0.2, 0.25) is 0 Å². The number of para-hydroxylation sites is 1. The molecule has 1 amide bonds. The number of ether oxygens (including phenoxy) is 2. The van der Waals surface area contributed by atoms with Crippen LogP contribution in [0.5, 0.6) is 5.75 Å². The van der Waals surface area contributed by atoms with Gasteiger partial charge in [0.05, 0.1) is 25.7 Å². The molecule has 0 unspecified atom stereocenters. The molecule has 5 nitrogen and oxygen atoms in total. The Morgan fingerprint density at radius 1 is 1.10 bits per heavy atom. The van der Waals surface area contributed by atoms with Gasteiger partial charge in [-0.3, -0.25) is 9.59 Å². The molecule has 0 spiro atoms. The number of benzene rings is 1. The van der Waals surface area contributed by atoms with Gasteiger partial charge in [0, 0.05) is 6.04 Å². The van der Waals surface area contributed by atoms with Gasteiger partial charge in [-0.05, 0) is 37.8 Å². The van der Waals surface area contributed by atoms with Crippen LogP contribution in [0.2, 0.25) is 0 Å². The zero-order valence-electron chi connectivity index (χ0n) is 12.4. The molecule has 1 aliphatic rings. The molecule has 5 heteroatoms. The van der Waals surface area contributed by atoms with Crippen LogP contribution in [0.15, 0.2) is 24.3 Å². The molecule has 21 heavy (non-hydrogen) atoms. The molecular formula is C16H21NO4. The van der Waals surface area contributed by atoms with E-state index in [4.69, 9.17) is 9.47 Å². The van der Waals surface area contributed by atoms with Gasteiger partial charge < -0.3 is 14.8 Å². The molecule has 0 saturated heterocycles. The maximum Gasteiger partial charge on any atom is 0.308 e. The molecule has 0 heterocycles. The second kappa shape index (κ2) is 7.11. The summed E-state index contributed by atoms with van der Waals surface area (Å²) in [5.74, 6) is 0.256. The molecule has 1 saturated carbocycles. The Labute approximate surface area is 124 Å². The molecule has 0 radical (unpaired) electrons. The highest BCUT2D eigenvalue weighted by molar-refractivity contribution is 5.97. The molecule has 1 N–H and O–H groups in total. The molecule has 0 aromatic heterocycles. The Bertz CT molecular complexity index is 507. The lowest BCUT2D eigenvalue weighted by Crippen LogP contribution is -2.39. The maximum absolute atomic E-state index is 12.3. The first-order valence-corrected chi connectivity index (χ1v) is 7.17. The number of hydrogen-bond acceptors (Lipinski definition) is 4. The zero-order chi connectivity index (χ0) is 15.2. The van der Waals surface area contributed by atoms with Gasteiger partial charge in [0.1, 0.15) is 5.75 Å². The first kappa shape index (κ1) is 15.4. The van der Waals surface area contributed by atoms with Crippen LogP contribution in [0.1, 0.15) is 36.0 Å². The summed E-state index contributed by atoms with van der Waals surface area (Å²) in [7, 11) is 2.96. The number of carbonyl (C=O) groups excluding carboxylic acids is 2. The summed E-state index contributed by atoms with van der Waals surface area (Å²) in [6, 6.07) is 7.25. The summed E-state index contributed by atoms with van der Waals surface area (Å²) >= 11 is 0. The van der Waals surface area contributed by atoms with Crippen LogP contribution in [0.3, 0.4) is 0 Å². The second-order valence-electron chi connectivity index (χ2n) is 5.25. The smallest absolute Gasteiger partial charge is 0.308 e. The maximum atomic E-state index is 12.3. The molecule has 1 aliphatic carbocycles. The van der Waals surface area contributed by atoms with E-state index in [9.17, 15) is 9.59 Å². The van der Waals surface area contributed by atoms with Crippen molar-refractivity contribution in [1.29, 1.82) is 0 Å². The van der Waals surface area contributed by atoms with E-state index in [0.29, 0.717) is 11.3 Å².